The molecular weight excluding hydrogens is 376 g/mol. The molecule has 3 amide bonds. The fraction of sp³-hybridized carbons (Fsp3) is 0.471. The minimum Gasteiger partial charge on any atom is -0.383 e. The number of thioether (sulfide) groups is 1. The highest BCUT2D eigenvalue weighted by Crippen LogP contribution is 2.26. The van der Waals surface area contributed by atoms with Crippen molar-refractivity contribution < 1.29 is 14.3 Å². The molecule has 0 radical (unpaired) electrons. The lowest BCUT2D eigenvalue weighted by atomic mass is 10.3. The Morgan fingerprint density at radius 2 is 2.19 bits per heavy atom. The molecule has 0 unspecified atom stereocenters. The van der Waals surface area contributed by atoms with Crippen LogP contribution in [0.1, 0.15) is 19.8 Å². The third-order valence-corrected chi connectivity index (χ3v) is 4.81. The highest BCUT2D eigenvalue weighted by Gasteiger charge is 2.14. The average Bonchev–Trinajstić information content (AvgIpc) is 2.94. The topological polar surface area (TPSA) is 85.3 Å². The monoisotopic (exact) mass is 398 g/mol. The number of imidazole rings is 1. The predicted octanol–water partition coefficient (Wildman–Crippen LogP) is 3.05. The Kier molecular flexibility index (Phi) is 8.21. The second kappa shape index (κ2) is 10.4. The van der Waals surface area contributed by atoms with Crippen LogP contribution < -0.4 is 10.6 Å². The summed E-state index contributed by atoms with van der Waals surface area (Å²) in [6.45, 7) is 3.71. The van der Waals surface area contributed by atoms with E-state index in [2.05, 4.69) is 15.6 Å². The first-order chi connectivity index (χ1) is 12.5. The molecule has 9 heteroatoms. The van der Waals surface area contributed by atoms with Crippen molar-refractivity contribution in [1.29, 1.82) is 0 Å². The first-order valence-corrected chi connectivity index (χ1v) is 9.76. The molecule has 2 rings (SSSR count). The molecule has 0 atom stereocenters. The number of nitrogens with one attached hydrogen (secondary N) is 2. The van der Waals surface area contributed by atoms with Gasteiger partial charge in [-0.05, 0) is 24.6 Å². The lowest BCUT2D eigenvalue weighted by Crippen LogP contribution is -2.40. The molecule has 0 fully saturated rings. The molecule has 0 aliphatic rings. The maximum absolute atomic E-state index is 12.0. The summed E-state index contributed by atoms with van der Waals surface area (Å²) < 4.78 is 7.13. The van der Waals surface area contributed by atoms with E-state index < -0.39 is 6.03 Å². The molecular formula is C17H23ClN4O3S. The normalized spacial score (nSPS) is 10.9. The van der Waals surface area contributed by atoms with Crippen molar-refractivity contribution in [1.82, 2.24) is 20.2 Å². The van der Waals surface area contributed by atoms with Gasteiger partial charge in [0.2, 0.25) is 5.91 Å². The number of carbonyl (C=O) groups excluding carboxylic acids is 2. The van der Waals surface area contributed by atoms with Crippen LogP contribution in [-0.4, -0.2) is 47.5 Å². The summed E-state index contributed by atoms with van der Waals surface area (Å²) in [5, 5.41) is 6.25. The molecule has 0 spiro atoms. The van der Waals surface area contributed by atoms with Crippen LogP contribution >= 0.6 is 23.4 Å². The van der Waals surface area contributed by atoms with Crippen LogP contribution in [0.25, 0.3) is 11.0 Å². The fourth-order valence-electron chi connectivity index (χ4n) is 2.31. The molecule has 26 heavy (non-hydrogen) atoms. The summed E-state index contributed by atoms with van der Waals surface area (Å²) in [5.41, 5.74) is 1.68. The molecule has 142 valence electrons. The summed E-state index contributed by atoms with van der Waals surface area (Å²) >= 11 is 7.30. The Morgan fingerprint density at radius 3 is 2.92 bits per heavy atom. The Hall–Kier alpha value is -1.77. The second-order valence-electron chi connectivity index (χ2n) is 5.62. The van der Waals surface area contributed by atoms with Crippen LogP contribution in [0.2, 0.25) is 5.02 Å². The van der Waals surface area contributed by atoms with Crippen molar-refractivity contribution in [2.24, 2.45) is 0 Å². The molecule has 2 aromatic rings. The van der Waals surface area contributed by atoms with E-state index in [1.165, 1.54) is 11.8 Å². The number of ether oxygens (including phenoxy) is 1. The molecule has 2 N–H and O–H groups in total. The number of halogens is 1. The maximum atomic E-state index is 12.0. The average molecular weight is 399 g/mol. The van der Waals surface area contributed by atoms with Crippen molar-refractivity contribution >= 4 is 46.3 Å². The van der Waals surface area contributed by atoms with Gasteiger partial charge in [0.15, 0.2) is 5.16 Å². The number of amides is 3. The van der Waals surface area contributed by atoms with Crippen LogP contribution in [0, 0.1) is 0 Å². The molecule has 0 bridgehead atoms. The Labute approximate surface area is 161 Å². The van der Waals surface area contributed by atoms with Crippen LogP contribution in [0.4, 0.5) is 4.79 Å². The summed E-state index contributed by atoms with van der Waals surface area (Å²) in [6, 6.07) is 5.01. The third-order valence-electron chi connectivity index (χ3n) is 3.60. The minimum absolute atomic E-state index is 0.0885. The molecule has 7 nitrogen and oxygen atoms in total. The summed E-state index contributed by atoms with van der Waals surface area (Å²) in [5.74, 6) is -0.280. The molecule has 0 aliphatic heterocycles. The van der Waals surface area contributed by atoms with E-state index in [9.17, 15) is 9.59 Å². The summed E-state index contributed by atoms with van der Waals surface area (Å²) in [7, 11) is 1.63. The van der Waals surface area contributed by atoms with Crippen molar-refractivity contribution in [2.75, 3.05) is 26.0 Å². The van der Waals surface area contributed by atoms with Crippen LogP contribution in [0.3, 0.4) is 0 Å². The molecule has 1 heterocycles. The zero-order valence-electron chi connectivity index (χ0n) is 14.9. The summed E-state index contributed by atoms with van der Waals surface area (Å²) in [6.07, 6.45) is 1.86. The maximum Gasteiger partial charge on any atom is 0.321 e. The third kappa shape index (κ3) is 5.89. The van der Waals surface area contributed by atoms with Gasteiger partial charge in [-0.1, -0.05) is 36.7 Å². The van der Waals surface area contributed by atoms with Gasteiger partial charge in [0, 0.05) is 25.2 Å². The molecule has 1 aromatic carbocycles. The van der Waals surface area contributed by atoms with Gasteiger partial charge in [-0.2, -0.15) is 0 Å². The molecule has 0 saturated heterocycles. The lowest BCUT2D eigenvalue weighted by Gasteiger charge is -2.09. The fourth-order valence-corrected chi connectivity index (χ4v) is 3.31. The van der Waals surface area contributed by atoms with E-state index in [0.29, 0.717) is 29.9 Å². The number of nitrogens with zero attached hydrogens (tertiary/aromatic N) is 2. The van der Waals surface area contributed by atoms with Gasteiger partial charge < -0.3 is 14.6 Å². The second-order valence-corrected chi connectivity index (χ2v) is 7.00. The zero-order valence-corrected chi connectivity index (χ0v) is 16.5. The number of methoxy groups -OCH3 is 1. The van der Waals surface area contributed by atoms with Gasteiger partial charge in [0.05, 0.1) is 23.4 Å². The molecule has 0 saturated carbocycles. The number of unbranched alkanes of at least 4 members (excludes halogenated alkanes) is 1. The van der Waals surface area contributed by atoms with Gasteiger partial charge in [-0.3, -0.25) is 10.1 Å². The first-order valence-electron chi connectivity index (χ1n) is 8.40. The highest BCUT2D eigenvalue weighted by molar-refractivity contribution is 7.99. The molecule has 0 aliphatic carbocycles. The highest BCUT2D eigenvalue weighted by atomic mass is 35.5. The van der Waals surface area contributed by atoms with Gasteiger partial charge in [0.25, 0.3) is 0 Å². The van der Waals surface area contributed by atoms with E-state index in [0.717, 1.165) is 23.9 Å². The van der Waals surface area contributed by atoms with E-state index in [1.807, 2.05) is 17.6 Å². The van der Waals surface area contributed by atoms with E-state index >= 15 is 0 Å². The Morgan fingerprint density at radius 1 is 1.38 bits per heavy atom. The van der Waals surface area contributed by atoms with Gasteiger partial charge in [-0.15, -0.1) is 0 Å². The number of imide groups is 1. The van der Waals surface area contributed by atoms with Crippen molar-refractivity contribution in [3.8, 4) is 0 Å². The smallest absolute Gasteiger partial charge is 0.321 e. The van der Waals surface area contributed by atoms with Crippen molar-refractivity contribution in [3.63, 3.8) is 0 Å². The molecule has 1 aromatic heterocycles. The lowest BCUT2D eigenvalue weighted by molar-refractivity contribution is -0.117. The quantitative estimate of drug-likeness (QED) is 0.501. The van der Waals surface area contributed by atoms with E-state index in [4.69, 9.17) is 16.3 Å². The van der Waals surface area contributed by atoms with Crippen LogP contribution in [-0.2, 0) is 16.1 Å². The van der Waals surface area contributed by atoms with E-state index in [-0.39, 0.29) is 11.7 Å². The number of hydrogen-bond acceptors (Lipinski definition) is 5. The van der Waals surface area contributed by atoms with Crippen molar-refractivity contribution in [3.05, 3.63) is 23.2 Å². The number of fused-ring (bicyclic) bond motifs is 1. The number of aromatic nitrogens is 2. The van der Waals surface area contributed by atoms with Crippen LogP contribution in [0.5, 0.6) is 0 Å². The standard InChI is InChI=1S/C17H23ClN4O3S/c1-3-4-7-19-16(24)21-15(23)11-26-17-20-13-10-12(18)5-6-14(13)22(17)8-9-25-2/h5-6,10H,3-4,7-9,11H2,1-2H3,(H2,19,21,23,24). The van der Waals surface area contributed by atoms with Gasteiger partial charge in [-0.25, -0.2) is 9.78 Å². The number of carbonyl (C=O) groups is 2. The SMILES string of the molecule is CCCCNC(=O)NC(=O)CSc1nc2cc(Cl)ccc2n1CCOC. The first kappa shape index (κ1) is 20.5. The summed E-state index contributed by atoms with van der Waals surface area (Å²) in [4.78, 5) is 28.1. The van der Waals surface area contributed by atoms with E-state index in [1.54, 1.807) is 19.2 Å². The van der Waals surface area contributed by atoms with Crippen molar-refractivity contribution in [2.45, 2.75) is 31.5 Å². The zero-order chi connectivity index (χ0) is 18.9. The van der Waals surface area contributed by atoms with Gasteiger partial charge >= 0.3 is 6.03 Å². The number of rotatable bonds is 9. The number of urea groups is 1. The predicted molar refractivity (Wildman–Crippen MR) is 104 cm³/mol. The number of benzene rings is 1. The van der Waals surface area contributed by atoms with Crippen LogP contribution in [0.15, 0.2) is 23.4 Å². The number of hydrogen-bond donors (Lipinski definition) is 2. The largest absolute Gasteiger partial charge is 0.383 e. The minimum atomic E-state index is -0.469. The van der Waals surface area contributed by atoms with Gasteiger partial charge in [0.1, 0.15) is 0 Å². The Bertz CT molecular complexity index is 766. The Balaban J connectivity index is 2.00.